The van der Waals surface area contributed by atoms with Gasteiger partial charge in [-0.2, -0.15) is 0 Å². The number of hydrogen-bond acceptors (Lipinski definition) is 3. The first kappa shape index (κ1) is 17.0. The Morgan fingerprint density at radius 3 is 2.46 bits per heavy atom. The van der Waals surface area contributed by atoms with Crippen LogP contribution in [-0.4, -0.2) is 21.3 Å². The van der Waals surface area contributed by atoms with Crippen LogP contribution in [0.1, 0.15) is 16.7 Å². The van der Waals surface area contributed by atoms with Crippen LogP contribution in [0.5, 0.6) is 0 Å². The quantitative estimate of drug-likeness (QED) is 0.615. The largest absolute Gasteiger partial charge is 0.457 e. The highest BCUT2D eigenvalue weighted by atomic mass is 79.9. The van der Waals surface area contributed by atoms with Crippen molar-refractivity contribution in [2.45, 2.75) is 5.75 Å². The number of cyclic esters (lactones) is 1. The van der Waals surface area contributed by atoms with E-state index in [1.807, 2.05) is 0 Å². The molecular weight excluding hydrogens is 399 g/mol. The highest BCUT2D eigenvalue weighted by Gasteiger charge is 2.27. The molecular formula is C17H12BrFO4S. The van der Waals surface area contributed by atoms with E-state index in [1.165, 1.54) is 12.1 Å². The predicted octanol–water partition coefficient (Wildman–Crippen LogP) is 3.78. The molecule has 2 aromatic carbocycles. The van der Waals surface area contributed by atoms with E-state index in [0.717, 1.165) is 11.1 Å². The SMILES string of the molecule is O=C1OCC(c2ccc(CS(=O)O)cc2)=C1c1ccc(F)c(Br)c1. The Balaban J connectivity index is 2.02. The third-order valence-corrected chi connectivity index (χ3v) is 4.84. The second-order valence-corrected chi connectivity index (χ2v) is 7.01. The van der Waals surface area contributed by atoms with Gasteiger partial charge in [0.2, 0.25) is 0 Å². The average molecular weight is 411 g/mol. The Kier molecular flexibility index (Phi) is 4.93. The van der Waals surface area contributed by atoms with Gasteiger partial charge in [0.1, 0.15) is 12.4 Å². The van der Waals surface area contributed by atoms with Crippen LogP contribution >= 0.6 is 15.9 Å². The van der Waals surface area contributed by atoms with E-state index in [1.54, 1.807) is 30.3 Å². The fourth-order valence-corrected chi connectivity index (χ4v) is 3.38. The third-order valence-electron chi connectivity index (χ3n) is 3.65. The molecule has 1 unspecified atom stereocenters. The van der Waals surface area contributed by atoms with E-state index in [2.05, 4.69) is 15.9 Å². The molecule has 1 aliphatic rings. The van der Waals surface area contributed by atoms with Crippen LogP contribution in [0.4, 0.5) is 4.39 Å². The van der Waals surface area contributed by atoms with Crippen molar-refractivity contribution in [2.24, 2.45) is 0 Å². The van der Waals surface area contributed by atoms with Crippen molar-refractivity contribution in [1.29, 1.82) is 0 Å². The summed E-state index contributed by atoms with van der Waals surface area (Å²) in [5, 5.41) is 0. The zero-order chi connectivity index (χ0) is 17.3. The lowest BCUT2D eigenvalue weighted by Gasteiger charge is -2.06. The van der Waals surface area contributed by atoms with Crippen LogP contribution in [-0.2, 0) is 26.4 Å². The van der Waals surface area contributed by atoms with Gasteiger partial charge in [-0.1, -0.05) is 30.3 Å². The number of carbonyl (C=O) groups is 1. The maximum absolute atomic E-state index is 13.4. The Morgan fingerprint density at radius 2 is 1.83 bits per heavy atom. The van der Waals surface area contributed by atoms with Crippen LogP contribution in [0.15, 0.2) is 46.9 Å². The average Bonchev–Trinajstić information content (AvgIpc) is 2.92. The molecule has 0 aromatic heterocycles. The van der Waals surface area contributed by atoms with Gasteiger partial charge < -0.3 is 9.29 Å². The van der Waals surface area contributed by atoms with Crippen molar-refractivity contribution in [2.75, 3.05) is 6.61 Å². The van der Waals surface area contributed by atoms with Gasteiger partial charge in [-0.15, -0.1) is 0 Å². The summed E-state index contributed by atoms with van der Waals surface area (Å²) in [4.78, 5) is 12.1. The van der Waals surface area contributed by atoms with E-state index < -0.39 is 22.9 Å². The molecule has 24 heavy (non-hydrogen) atoms. The van der Waals surface area contributed by atoms with Gasteiger partial charge in [-0.25, -0.2) is 13.4 Å². The van der Waals surface area contributed by atoms with Crippen molar-refractivity contribution in [3.05, 3.63) is 69.4 Å². The number of halogens is 2. The van der Waals surface area contributed by atoms with Gasteiger partial charge in [0.15, 0.2) is 11.1 Å². The second kappa shape index (κ2) is 6.96. The molecule has 1 N–H and O–H groups in total. The van der Waals surface area contributed by atoms with Gasteiger partial charge in [0.05, 0.1) is 15.8 Å². The van der Waals surface area contributed by atoms with Gasteiger partial charge in [-0.3, -0.25) is 0 Å². The molecule has 0 spiro atoms. The molecule has 0 aliphatic carbocycles. The van der Waals surface area contributed by atoms with E-state index in [-0.39, 0.29) is 16.8 Å². The third kappa shape index (κ3) is 3.48. The van der Waals surface area contributed by atoms with Crippen LogP contribution in [0, 0.1) is 5.82 Å². The van der Waals surface area contributed by atoms with Gasteiger partial charge in [-0.05, 0) is 44.8 Å². The lowest BCUT2D eigenvalue weighted by molar-refractivity contribution is -0.133. The molecule has 0 radical (unpaired) electrons. The maximum Gasteiger partial charge on any atom is 0.339 e. The Labute approximate surface area is 148 Å². The zero-order valence-corrected chi connectivity index (χ0v) is 14.7. The summed E-state index contributed by atoms with van der Waals surface area (Å²) in [6.45, 7) is 0.133. The minimum Gasteiger partial charge on any atom is -0.457 e. The molecule has 1 heterocycles. The fourth-order valence-electron chi connectivity index (χ4n) is 2.52. The lowest BCUT2D eigenvalue weighted by atomic mass is 9.96. The summed E-state index contributed by atoms with van der Waals surface area (Å²) in [5.41, 5.74) is 3.17. The summed E-state index contributed by atoms with van der Waals surface area (Å²) in [6.07, 6.45) is 0. The Morgan fingerprint density at radius 1 is 1.17 bits per heavy atom. The smallest absolute Gasteiger partial charge is 0.339 e. The summed E-state index contributed by atoms with van der Waals surface area (Å²) in [7, 11) is 0. The number of rotatable bonds is 4. The molecule has 0 fully saturated rings. The van der Waals surface area contributed by atoms with Gasteiger partial charge >= 0.3 is 5.97 Å². The summed E-state index contributed by atoms with van der Waals surface area (Å²) in [5.74, 6) is -0.815. The molecule has 0 bridgehead atoms. The lowest BCUT2D eigenvalue weighted by Crippen LogP contribution is -1.99. The molecule has 0 amide bonds. The number of hydrogen-bond donors (Lipinski definition) is 1. The van der Waals surface area contributed by atoms with Crippen molar-refractivity contribution in [3.8, 4) is 0 Å². The normalized spacial score (nSPS) is 15.5. The minimum absolute atomic E-state index is 0.0481. The van der Waals surface area contributed by atoms with Crippen molar-refractivity contribution in [3.63, 3.8) is 0 Å². The Hall–Kier alpha value is -1.83. The maximum atomic E-state index is 13.4. The minimum atomic E-state index is -1.90. The first-order valence-corrected chi connectivity index (χ1v) is 9.05. The summed E-state index contributed by atoms with van der Waals surface area (Å²) in [6, 6.07) is 11.4. The fraction of sp³-hybridized carbons (Fsp3) is 0.118. The monoisotopic (exact) mass is 410 g/mol. The standard InChI is InChI=1S/C17H12BrFO4S/c18-14-7-12(5-6-15(14)19)16-13(8-23-17(16)20)11-3-1-10(2-4-11)9-24(21)22/h1-7H,8-9H2,(H,21,22). The molecule has 7 heteroatoms. The first-order valence-electron chi connectivity index (χ1n) is 6.98. The molecule has 124 valence electrons. The van der Waals surface area contributed by atoms with Crippen molar-refractivity contribution < 1.29 is 22.7 Å². The van der Waals surface area contributed by atoms with Crippen LogP contribution in [0.2, 0.25) is 0 Å². The topological polar surface area (TPSA) is 63.6 Å². The first-order chi connectivity index (χ1) is 11.5. The van der Waals surface area contributed by atoms with E-state index in [9.17, 15) is 13.4 Å². The van der Waals surface area contributed by atoms with Crippen LogP contribution in [0.25, 0.3) is 11.1 Å². The number of esters is 1. The highest BCUT2D eigenvalue weighted by Crippen LogP contribution is 2.34. The molecule has 2 aromatic rings. The van der Waals surface area contributed by atoms with E-state index in [4.69, 9.17) is 9.29 Å². The highest BCUT2D eigenvalue weighted by molar-refractivity contribution is 9.10. The van der Waals surface area contributed by atoms with Gasteiger partial charge in [0, 0.05) is 5.57 Å². The van der Waals surface area contributed by atoms with Crippen molar-refractivity contribution >= 4 is 44.1 Å². The van der Waals surface area contributed by atoms with E-state index >= 15 is 0 Å². The zero-order valence-electron chi connectivity index (χ0n) is 12.3. The summed E-state index contributed by atoms with van der Waals surface area (Å²) >= 11 is 1.22. The number of benzene rings is 2. The summed E-state index contributed by atoms with van der Waals surface area (Å²) < 4.78 is 38.6. The molecule has 1 aliphatic heterocycles. The van der Waals surface area contributed by atoms with E-state index in [0.29, 0.717) is 16.7 Å². The molecule has 4 nitrogen and oxygen atoms in total. The molecule has 3 rings (SSSR count). The number of carbonyl (C=O) groups excluding carboxylic acids is 1. The molecule has 0 saturated heterocycles. The predicted molar refractivity (Wildman–Crippen MR) is 92.8 cm³/mol. The van der Waals surface area contributed by atoms with Crippen LogP contribution < -0.4 is 0 Å². The van der Waals surface area contributed by atoms with Crippen LogP contribution in [0.3, 0.4) is 0 Å². The second-order valence-electron chi connectivity index (χ2n) is 5.22. The number of ether oxygens (including phenoxy) is 1. The van der Waals surface area contributed by atoms with Crippen molar-refractivity contribution in [1.82, 2.24) is 0 Å². The molecule has 1 atom stereocenters. The Bertz CT molecular complexity index is 861. The van der Waals surface area contributed by atoms with Gasteiger partial charge in [0.25, 0.3) is 0 Å². The molecule has 0 saturated carbocycles.